The molecule has 0 saturated heterocycles. The lowest BCUT2D eigenvalue weighted by Gasteiger charge is -2.20. The Labute approximate surface area is 140 Å². The monoisotopic (exact) mass is 323 g/mol. The minimum absolute atomic E-state index is 0.0540. The van der Waals surface area contributed by atoms with Crippen LogP contribution in [0.15, 0.2) is 42.5 Å². The summed E-state index contributed by atoms with van der Waals surface area (Å²) in [5.41, 5.74) is 1.18. The van der Waals surface area contributed by atoms with E-state index in [4.69, 9.17) is 0 Å². The van der Waals surface area contributed by atoms with Crippen LogP contribution in [-0.4, -0.2) is 45.0 Å². The molecule has 0 saturated carbocycles. The Morgan fingerprint density at radius 1 is 1.21 bits per heavy atom. The first kappa shape index (κ1) is 16.1. The van der Waals surface area contributed by atoms with Crippen molar-refractivity contribution in [3.05, 3.63) is 53.9 Å². The molecule has 1 N–H and O–H groups in total. The normalized spacial score (nSPS) is 12.2. The van der Waals surface area contributed by atoms with Crippen LogP contribution in [0.1, 0.15) is 30.7 Å². The minimum atomic E-state index is 0.0540. The highest BCUT2D eigenvalue weighted by Crippen LogP contribution is 2.17. The van der Waals surface area contributed by atoms with Gasteiger partial charge in [0.05, 0.1) is 0 Å². The van der Waals surface area contributed by atoms with E-state index in [9.17, 15) is 4.79 Å². The van der Waals surface area contributed by atoms with Crippen molar-refractivity contribution < 1.29 is 4.79 Å². The Kier molecular flexibility index (Phi) is 4.84. The molecule has 0 aliphatic rings. The quantitative estimate of drug-likeness (QED) is 0.756. The third-order valence-corrected chi connectivity index (χ3v) is 4.22. The van der Waals surface area contributed by atoms with Crippen LogP contribution in [0.3, 0.4) is 0 Å². The zero-order valence-corrected chi connectivity index (χ0v) is 13.9. The number of carbonyl (C=O) groups is 1. The van der Waals surface area contributed by atoms with Crippen LogP contribution >= 0.6 is 0 Å². The fourth-order valence-corrected chi connectivity index (χ4v) is 2.81. The second-order valence-electron chi connectivity index (χ2n) is 6.13. The number of rotatable bonds is 6. The van der Waals surface area contributed by atoms with E-state index in [1.165, 1.54) is 16.3 Å². The van der Waals surface area contributed by atoms with Gasteiger partial charge in [0.1, 0.15) is 0 Å². The van der Waals surface area contributed by atoms with Gasteiger partial charge in [0.2, 0.25) is 5.91 Å². The first-order chi connectivity index (χ1) is 11.6. The van der Waals surface area contributed by atoms with Crippen molar-refractivity contribution in [1.82, 2.24) is 25.5 Å². The predicted molar refractivity (Wildman–Crippen MR) is 92.5 cm³/mol. The molecule has 6 heteroatoms. The Morgan fingerprint density at radius 3 is 2.75 bits per heavy atom. The van der Waals surface area contributed by atoms with Gasteiger partial charge in [0, 0.05) is 25.9 Å². The van der Waals surface area contributed by atoms with E-state index in [1.807, 2.05) is 26.1 Å². The molecule has 3 rings (SSSR count). The summed E-state index contributed by atoms with van der Waals surface area (Å²) >= 11 is 0. The fraction of sp³-hybridized carbons (Fsp3) is 0.333. The van der Waals surface area contributed by atoms with E-state index in [2.05, 4.69) is 51.0 Å². The zero-order valence-electron chi connectivity index (χ0n) is 13.9. The first-order valence-corrected chi connectivity index (χ1v) is 8.08. The summed E-state index contributed by atoms with van der Waals surface area (Å²) in [5.74, 6) is 0.807. The predicted octanol–water partition coefficient (Wildman–Crippen LogP) is 2.55. The average Bonchev–Trinajstić information content (AvgIpc) is 3.14. The number of nitrogens with zero attached hydrogens (tertiary/aromatic N) is 4. The molecule has 0 bridgehead atoms. The summed E-state index contributed by atoms with van der Waals surface area (Å²) in [6, 6.07) is 14.6. The molecule has 0 radical (unpaired) electrons. The molecular weight excluding hydrogens is 302 g/mol. The second kappa shape index (κ2) is 7.21. The SMILES string of the molecule is C[C@H](CN(C)C(=O)CCc1ccc2ccccc2c1)c1nn[nH]n1. The number of fused-ring (bicyclic) bond motifs is 1. The van der Waals surface area contributed by atoms with Gasteiger partial charge in [-0.3, -0.25) is 4.79 Å². The summed E-state index contributed by atoms with van der Waals surface area (Å²) in [4.78, 5) is 14.1. The van der Waals surface area contributed by atoms with Crippen molar-refractivity contribution >= 4 is 16.7 Å². The van der Waals surface area contributed by atoms with E-state index in [0.717, 1.165) is 6.42 Å². The van der Waals surface area contributed by atoms with Gasteiger partial charge < -0.3 is 4.90 Å². The number of benzene rings is 2. The Bertz CT molecular complexity index is 815. The number of carbonyl (C=O) groups excluding carboxylic acids is 1. The molecule has 1 heterocycles. The van der Waals surface area contributed by atoms with E-state index < -0.39 is 0 Å². The van der Waals surface area contributed by atoms with Gasteiger partial charge in [-0.15, -0.1) is 10.2 Å². The molecule has 1 amide bonds. The van der Waals surface area contributed by atoms with Crippen molar-refractivity contribution in [3.63, 3.8) is 0 Å². The molecule has 1 atom stereocenters. The van der Waals surface area contributed by atoms with Crippen LogP contribution in [0.2, 0.25) is 0 Å². The zero-order chi connectivity index (χ0) is 16.9. The molecule has 124 valence electrons. The third kappa shape index (κ3) is 3.76. The maximum atomic E-state index is 12.3. The number of aromatic amines is 1. The maximum absolute atomic E-state index is 12.3. The first-order valence-electron chi connectivity index (χ1n) is 8.08. The fourth-order valence-electron chi connectivity index (χ4n) is 2.81. The summed E-state index contributed by atoms with van der Waals surface area (Å²) < 4.78 is 0. The number of likely N-dealkylation sites (N-methyl/N-ethyl adjacent to an activating group) is 1. The largest absolute Gasteiger partial charge is 0.345 e. The van der Waals surface area contributed by atoms with Gasteiger partial charge in [-0.2, -0.15) is 5.21 Å². The molecule has 1 aromatic heterocycles. The van der Waals surface area contributed by atoms with Crippen LogP contribution in [0, 0.1) is 0 Å². The van der Waals surface area contributed by atoms with Crippen molar-refractivity contribution in [3.8, 4) is 0 Å². The number of amides is 1. The number of tetrazole rings is 1. The van der Waals surface area contributed by atoms with Crippen LogP contribution in [-0.2, 0) is 11.2 Å². The molecule has 24 heavy (non-hydrogen) atoms. The summed E-state index contributed by atoms with van der Waals surface area (Å²) in [6.07, 6.45) is 1.23. The standard InChI is InChI=1S/C18H21N5O/c1-13(18-19-21-22-20-18)12-23(2)17(24)10-8-14-7-9-15-5-3-4-6-16(15)11-14/h3-7,9,11,13H,8,10,12H2,1-2H3,(H,19,20,21,22)/t13-/m1/s1. The summed E-state index contributed by atoms with van der Waals surface area (Å²) in [5, 5.41) is 16.4. The van der Waals surface area contributed by atoms with Crippen molar-refractivity contribution in [2.24, 2.45) is 0 Å². The second-order valence-corrected chi connectivity index (χ2v) is 6.13. The smallest absolute Gasteiger partial charge is 0.222 e. The molecule has 0 unspecified atom stereocenters. The Hall–Kier alpha value is -2.76. The molecule has 3 aromatic rings. The van der Waals surface area contributed by atoms with Gasteiger partial charge in [-0.1, -0.05) is 54.6 Å². The van der Waals surface area contributed by atoms with Crippen LogP contribution in [0.4, 0.5) is 0 Å². The lowest BCUT2D eigenvalue weighted by Crippen LogP contribution is -2.30. The van der Waals surface area contributed by atoms with Gasteiger partial charge in [0.25, 0.3) is 0 Å². The molecule has 2 aromatic carbocycles. The van der Waals surface area contributed by atoms with Gasteiger partial charge in [-0.05, 0) is 22.8 Å². The highest BCUT2D eigenvalue weighted by Gasteiger charge is 2.16. The van der Waals surface area contributed by atoms with Crippen molar-refractivity contribution in [1.29, 1.82) is 0 Å². The Morgan fingerprint density at radius 2 is 2.00 bits per heavy atom. The molecular formula is C18H21N5O. The molecule has 0 aliphatic heterocycles. The molecule has 0 spiro atoms. The highest BCUT2D eigenvalue weighted by atomic mass is 16.2. The number of nitrogens with one attached hydrogen (secondary N) is 1. The molecule has 0 fully saturated rings. The van der Waals surface area contributed by atoms with E-state index in [1.54, 1.807) is 4.90 Å². The Balaban J connectivity index is 1.55. The number of aromatic nitrogens is 4. The maximum Gasteiger partial charge on any atom is 0.222 e. The lowest BCUT2D eigenvalue weighted by atomic mass is 10.0. The number of H-pyrrole nitrogens is 1. The van der Waals surface area contributed by atoms with Gasteiger partial charge in [-0.25, -0.2) is 0 Å². The third-order valence-electron chi connectivity index (χ3n) is 4.22. The number of hydrogen-bond acceptors (Lipinski definition) is 4. The van der Waals surface area contributed by atoms with Crippen molar-refractivity contribution in [2.45, 2.75) is 25.7 Å². The number of aryl methyl sites for hydroxylation is 1. The topological polar surface area (TPSA) is 74.8 Å². The van der Waals surface area contributed by atoms with Gasteiger partial charge >= 0.3 is 0 Å². The molecule has 0 aliphatic carbocycles. The van der Waals surface area contributed by atoms with Crippen LogP contribution in [0.5, 0.6) is 0 Å². The van der Waals surface area contributed by atoms with Crippen molar-refractivity contribution in [2.75, 3.05) is 13.6 Å². The number of hydrogen-bond donors (Lipinski definition) is 1. The lowest BCUT2D eigenvalue weighted by molar-refractivity contribution is -0.130. The van der Waals surface area contributed by atoms with E-state index >= 15 is 0 Å². The summed E-state index contributed by atoms with van der Waals surface area (Å²) in [7, 11) is 1.82. The van der Waals surface area contributed by atoms with E-state index in [-0.39, 0.29) is 11.8 Å². The van der Waals surface area contributed by atoms with Gasteiger partial charge in [0.15, 0.2) is 5.82 Å². The van der Waals surface area contributed by atoms with E-state index in [0.29, 0.717) is 18.8 Å². The molecule has 6 nitrogen and oxygen atoms in total. The van der Waals surface area contributed by atoms with Crippen LogP contribution < -0.4 is 0 Å². The minimum Gasteiger partial charge on any atom is -0.345 e. The average molecular weight is 323 g/mol. The highest BCUT2D eigenvalue weighted by molar-refractivity contribution is 5.83. The summed E-state index contributed by atoms with van der Waals surface area (Å²) in [6.45, 7) is 2.56. The van der Waals surface area contributed by atoms with Crippen LogP contribution in [0.25, 0.3) is 10.8 Å².